The number of aliphatic hydroxyl groups is 1. The summed E-state index contributed by atoms with van der Waals surface area (Å²) in [6, 6.07) is 7.51. The summed E-state index contributed by atoms with van der Waals surface area (Å²) in [7, 11) is 0. The third kappa shape index (κ3) is 1.89. The molecule has 0 amide bonds. The summed E-state index contributed by atoms with van der Waals surface area (Å²) in [4.78, 5) is 0. The van der Waals surface area contributed by atoms with Gasteiger partial charge in [-0.05, 0) is 54.9 Å². The van der Waals surface area contributed by atoms with E-state index in [9.17, 15) is 5.11 Å². The molecule has 2 aliphatic carbocycles. The Labute approximate surface area is 117 Å². The van der Waals surface area contributed by atoms with Crippen molar-refractivity contribution in [1.29, 1.82) is 0 Å². The second-order valence-electron chi connectivity index (χ2n) is 5.97. The summed E-state index contributed by atoms with van der Waals surface area (Å²) in [5, 5.41) is 12.2. The molecule has 2 saturated carbocycles. The predicted octanol–water partition coefficient (Wildman–Crippen LogP) is 4.56. The minimum Gasteiger partial charge on any atom is -0.458 e. The Morgan fingerprint density at radius 2 is 1.89 bits per heavy atom. The monoisotopic (exact) mass is 276 g/mol. The molecule has 100 valence electrons. The number of fused-ring (bicyclic) bond motifs is 2. The maximum absolute atomic E-state index is 10.5. The molecular formula is C16H17ClO2. The van der Waals surface area contributed by atoms with Crippen molar-refractivity contribution >= 4 is 22.6 Å². The number of hydrogen-bond donors (Lipinski definition) is 1. The molecule has 19 heavy (non-hydrogen) atoms. The average molecular weight is 277 g/mol. The smallest absolute Gasteiger partial charge is 0.134 e. The highest BCUT2D eigenvalue weighted by Gasteiger charge is 2.54. The highest BCUT2D eigenvalue weighted by atomic mass is 35.5. The molecule has 3 heteroatoms. The van der Waals surface area contributed by atoms with Crippen LogP contribution in [0, 0.1) is 17.8 Å². The first kappa shape index (κ1) is 11.8. The summed E-state index contributed by atoms with van der Waals surface area (Å²) in [6.45, 7) is 0. The van der Waals surface area contributed by atoms with Crippen molar-refractivity contribution in [2.24, 2.45) is 17.8 Å². The lowest BCUT2D eigenvalue weighted by atomic mass is 10.0. The van der Waals surface area contributed by atoms with Gasteiger partial charge in [-0.15, -0.1) is 0 Å². The van der Waals surface area contributed by atoms with Crippen molar-refractivity contribution in [2.45, 2.75) is 31.8 Å². The Hall–Kier alpha value is -0.990. The van der Waals surface area contributed by atoms with E-state index in [1.165, 1.54) is 25.7 Å². The van der Waals surface area contributed by atoms with Crippen LogP contribution in [0.4, 0.5) is 0 Å². The zero-order valence-corrected chi connectivity index (χ0v) is 11.4. The van der Waals surface area contributed by atoms with Crippen LogP contribution in [-0.2, 0) is 0 Å². The van der Waals surface area contributed by atoms with Crippen LogP contribution in [0.2, 0.25) is 5.02 Å². The quantitative estimate of drug-likeness (QED) is 0.872. The van der Waals surface area contributed by atoms with E-state index in [1.807, 2.05) is 24.3 Å². The number of halogens is 1. The molecule has 0 bridgehead atoms. The first-order valence-corrected chi connectivity index (χ1v) is 7.49. The van der Waals surface area contributed by atoms with Gasteiger partial charge in [-0.2, -0.15) is 0 Å². The van der Waals surface area contributed by atoms with Crippen molar-refractivity contribution in [3.63, 3.8) is 0 Å². The molecule has 0 saturated heterocycles. The van der Waals surface area contributed by atoms with Crippen molar-refractivity contribution in [2.75, 3.05) is 0 Å². The summed E-state index contributed by atoms with van der Waals surface area (Å²) < 4.78 is 5.78. The van der Waals surface area contributed by atoms with Gasteiger partial charge in [0, 0.05) is 10.4 Å². The van der Waals surface area contributed by atoms with Gasteiger partial charge in [0.05, 0.1) is 0 Å². The van der Waals surface area contributed by atoms with Crippen LogP contribution in [0.5, 0.6) is 0 Å². The number of aliphatic hydroxyl groups excluding tert-OH is 1. The van der Waals surface area contributed by atoms with E-state index in [4.69, 9.17) is 16.0 Å². The molecule has 0 spiro atoms. The maximum atomic E-state index is 10.5. The summed E-state index contributed by atoms with van der Waals surface area (Å²) in [5.41, 5.74) is 0.807. The molecule has 4 rings (SSSR count). The van der Waals surface area contributed by atoms with E-state index < -0.39 is 6.10 Å². The Morgan fingerprint density at radius 3 is 2.63 bits per heavy atom. The molecule has 1 N–H and O–H groups in total. The molecule has 2 fully saturated rings. The van der Waals surface area contributed by atoms with Crippen LogP contribution < -0.4 is 0 Å². The minimum atomic E-state index is -0.445. The van der Waals surface area contributed by atoms with E-state index in [2.05, 4.69) is 0 Å². The number of furan rings is 1. The number of hydrogen-bond acceptors (Lipinski definition) is 2. The molecule has 2 nitrogen and oxygen atoms in total. The van der Waals surface area contributed by atoms with Gasteiger partial charge in [-0.25, -0.2) is 0 Å². The Balaban J connectivity index is 1.63. The maximum Gasteiger partial charge on any atom is 0.134 e. The van der Waals surface area contributed by atoms with E-state index in [-0.39, 0.29) is 0 Å². The predicted molar refractivity (Wildman–Crippen MR) is 75.1 cm³/mol. The molecule has 0 radical (unpaired) electrons. The van der Waals surface area contributed by atoms with Crippen LogP contribution in [-0.4, -0.2) is 5.11 Å². The Morgan fingerprint density at radius 1 is 1.16 bits per heavy atom. The largest absolute Gasteiger partial charge is 0.458 e. The molecule has 3 atom stereocenters. The molecule has 3 unspecified atom stereocenters. The van der Waals surface area contributed by atoms with Crippen molar-refractivity contribution in [3.8, 4) is 0 Å². The SMILES string of the molecule is OC(c1cc2cc(Cl)ccc2o1)C1C2CCCCC21. The highest BCUT2D eigenvalue weighted by molar-refractivity contribution is 6.31. The van der Waals surface area contributed by atoms with Gasteiger partial charge in [-0.3, -0.25) is 0 Å². The average Bonchev–Trinajstić information content (AvgIpc) is 2.99. The van der Waals surface area contributed by atoms with Gasteiger partial charge in [0.15, 0.2) is 0 Å². The molecule has 1 aromatic carbocycles. The van der Waals surface area contributed by atoms with Crippen LogP contribution in [0.3, 0.4) is 0 Å². The lowest BCUT2D eigenvalue weighted by Gasteiger charge is -2.06. The summed E-state index contributed by atoms with van der Waals surface area (Å²) in [6.07, 6.45) is 4.75. The lowest BCUT2D eigenvalue weighted by Crippen LogP contribution is -2.00. The fourth-order valence-electron chi connectivity index (χ4n) is 3.89. The topological polar surface area (TPSA) is 33.4 Å². The van der Waals surface area contributed by atoms with Crippen LogP contribution in [0.15, 0.2) is 28.7 Å². The van der Waals surface area contributed by atoms with E-state index >= 15 is 0 Å². The molecular weight excluding hydrogens is 260 g/mol. The third-order valence-electron chi connectivity index (χ3n) is 4.88. The second-order valence-corrected chi connectivity index (χ2v) is 6.40. The van der Waals surface area contributed by atoms with E-state index in [0.29, 0.717) is 16.7 Å². The van der Waals surface area contributed by atoms with Crippen molar-refractivity contribution < 1.29 is 9.52 Å². The van der Waals surface area contributed by atoms with Gasteiger partial charge in [-0.1, -0.05) is 24.4 Å². The molecule has 2 aromatic rings. The normalized spacial score (nSPS) is 31.2. The minimum absolute atomic E-state index is 0.415. The van der Waals surface area contributed by atoms with E-state index in [1.54, 1.807) is 0 Å². The Kier molecular flexibility index (Phi) is 2.64. The van der Waals surface area contributed by atoms with Crippen molar-refractivity contribution in [1.82, 2.24) is 0 Å². The Bertz CT molecular complexity index is 606. The number of rotatable bonds is 2. The molecule has 2 aliphatic rings. The lowest BCUT2D eigenvalue weighted by molar-refractivity contribution is 0.119. The van der Waals surface area contributed by atoms with Crippen LogP contribution in [0.1, 0.15) is 37.5 Å². The van der Waals surface area contributed by atoms with Crippen LogP contribution >= 0.6 is 11.6 Å². The first-order valence-electron chi connectivity index (χ1n) is 7.11. The zero-order valence-electron chi connectivity index (χ0n) is 10.7. The van der Waals surface area contributed by atoms with Gasteiger partial charge in [0.2, 0.25) is 0 Å². The molecule has 0 aliphatic heterocycles. The fourth-order valence-corrected chi connectivity index (χ4v) is 4.07. The highest BCUT2D eigenvalue weighted by Crippen LogP contribution is 2.60. The second kappa shape index (κ2) is 4.26. The summed E-state index contributed by atoms with van der Waals surface area (Å²) >= 11 is 5.98. The van der Waals surface area contributed by atoms with Crippen LogP contribution in [0.25, 0.3) is 11.0 Å². The van der Waals surface area contributed by atoms with Gasteiger partial charge >= 0.3 is 0 Å². The molecule has 1 aromatic heterocycles. The standard InChI is InChI=1S/C16H17ClO2/c17-10-5-6-13-9(7-10)8-14(19-13)16(18)15-11-3-1-2-4-12(11)15/h5-8,11-12,15-16,18H,1-4H2. The molecule has 1 heterocycles. The third-order valence-corrected chi connectivity index (χ3v) is 5.11. The van der Waals surface area contributed by atoms with Gasteiger partial charge < -0.3 is 9.52 Å². The number of benzene rings is 1. The summed E-state index contributed by atoms with van der Waals surface area (Å²) in [5.74, 6) is 2.57. The van der Waals surface area contributed by atoms with Gasteiger partial charge in [0.1, 0.15) is 17.4 Å². The van der Waals surface area contributed by atoms with E-state index in [0.717, 1.165) is 22.8 Å². The van der Waals surface area contributed by atoms with Gasteiger partial charge in [0.25, 0.3) is 0 Å². The zero-order chi connectivity index (χ0) is 13.0. The fraction of sp³-hybridized carbons (Fsp3) is 0.500. The first-order chi connectivity index (χ1) is 9.24. The van der Waals surface area contributed by atoms with Crippen molar-refractivity contribution in [3.05, 3.63) is 35.0 Å².